The Bertz CT molecular complexity index is 477. The summed E-state index contributed by atoms with van der Waals surface area (Å²) in [5.74, 6) is 0.832. The summed E-state index contributed by atoms with van der Waals surface area (Å²) in [5, 5.41) is 9.88. The van der Waals surface area contributed by atoms with E-state index in [1.165, 1.54) is 17.8 Å². The maximum atomic E-state index is 11.5. The van der Waals surface area contributed by atoms with Crippen molar-refractivity contribution < 1.29 is 0 Å². The van der Waals surface area contributed by atoms with E-state index in [1.807, 2.05) is 27.7 Å². The summed E-state index contributed by atoms with van der Waals surface area (Å²) in [6.07, 6.45) is 0. The Hall–Kier alpha value is -1.21. The molecule has 1 aromatic rings. The van der Waals surface area contributed by atoms with Crippen LogP contribution in [-0.4, -0.2) is 10.7 Å². The van der Waals surface area contributed by atoms with Gasteiger partial charge in [-0.05, 0) is 16.7 Å². The van der Waals surface area contributed by atoms with E-state index in [0.717, 1.165) is 11.3 Å². The second-order valence-corrected chi connectivity index (χ2v) is 5.82. The summed E-state index contributed by atoms with van der Waals surface area (Å²) in [7, 11) is 0. The van der Waals surface area contributed by atoms with E-state index in [4.69, 9.17) is 0 Å². The maximum absolute atomic E-state index is 11.5. The van der Waals surface area contributed by atoms with Crippen molar-refractivity contribution in [3.63, 3.8) is 0 Å². The fourth-order valence-electron chi connectivity index (χ4n) is 1.49. The Morgan fingerprint density at radius 3 is 2.56 bits per heavy atom. The summed E-state index contributed by atoms with van der Waals surface area (Å²) < 4.78 is 0. The van der Waals surface area contributed by atoms with Crippen LogP contribution in [0.25, 0.3) is 0 Å². The molecule has 0 bridgehead atoms. The normalized spacial score (nSPS) is 11.2. The number of hydrogen-bond donors (Lipinski definition) is 1. The standard InChI is InChI=1S/C12H16N2OS/c1-5-16-11-8(7-13)9(12(2,3)4)6-10(15)14-11/h6H,5H2,1-4H3,(H,14,15). The van der Waals surface area contributed by atoms with E-state index >= 15 is 0 Å². The smallest absolute Gasteiger partial charge is 0.249 e. The summed E-state index contributed by atoms with van der Waals surface area (Å²) in [4.78, 5) is 14.2. The van der Waals surface area contributed by atoms with Gasteiger partial charge >= 0.3 is 0 Å². The zero-order valence-electron chi connectivity index (χ0n) is 10.0. The molecule has 1 aromatic heterocycles. The quantitative estimate of drug-likeness (QED) is 0.803. The van der Waals surface area contributed by atoms with Crippen molar-refractivity contribution in [2.24, 2.45) is 0 Å². The lowest BCUT2D eigenvalue weighted by atomic mass is 9.85. The number of aromatic amines is 1. The molecule has 1 N–H and O–H groups in total. The molecule has 0 aromatic carbocycles. The fraction of sp³-hybridized carbons (Fsp3) is 0.500. The number of nitrogens with one attached hydrogen (secondary N) is 1. The molecule has 0 saturated carbocycles. The highest BCUT2D eigenvalue weighted by Gasteiger charge is 2.21. The van der Waals surface area contributed by atoms with Gasteiger partial charge in [0.15, 0.2) is 0 Å². The minimum atomic E-state index is -0.192. The van der Waals surface area contributed by atoms with Crippen molar-refractivity contribution >= 4 is 11.8 Å². The monoisotopic (exact) mass is 236 g/mol. The van der Waals surface area contributed by atoms with Crippen LogP contribution in [-0.2, 0) is 5.41 Å². The van der Waals surface area contributed by atoms with Crippen LogP contribution in [0, 0.1) is 11.3 Å². The van der Waals surface area contributed by atoms with Gasteiger partial charge in [-0.15, -0.1) is 11.8 Å². The van der Waals surface area contributed by atoms with Crippen LogP contribution in [0.2, 0.25) is 0 Å². The number of nitriles is 1. The van der Waals surface area contributed by atoms with Crippen molar-refractivity contribution in [1.82, 2.24) is 4.98 Å². The lowest BCUT2D eigenvalue weighted by molar-refractivity contribution is 0.583. The highest BCUT2D eigenvalue weighted by atomic mass is 32.2. The van der Waals surface area contributed by atoms with E-state index in [2.05, 4.69) is 11.1 Å². The molecule has 0 fully saturated rings. The van der Waals surface area contributed by atoms with Crippen LogP contribution in [0.1, 0.15) is 38.8 Å². The number of hydrogen-bond acceptors (Lipinski definition) is 3. The molecule has 0 aliphatic heterocycles. The molecule has 0 aliphatic rings. The highest BCUT2D eigenvalue weighted by Crippen LogP contribution is 2.29. The van der Waals surface area contributed by atoms with Crippen molar-refractivity contribution in [3.8, 4) is 6.07 Å². The minimum absolute atomic E-state index is 0.139. The first-order valence-electron chi connectivity index (χ1n) is 5.20. The second-order valence-electron chi connectivity index (χ2n) is 4.55. The van der Waals surface area contributed by atoms with E-state index in [1.54, 1.807) is 0 Å². The number of rotatable bonds is 2. The zero-order valence-corrected chi connectivity index (χ0v) is 10.9. The van der Waals surface area contributed by atoms with Gasteiger partial charge in [0.25, 0.3) is 0 Å². The number of nitrogens with zero attached hydrogens (tertiary/aromatic N) is 1. The van der Waals surface area contributed by atoms with Crippen molar-refractivity contribution in [2.75, 3.05) is 5.75 Å². The second kappa shape index (κ2) is 4.75. The van der Waals surface area contributed by atoms with E-state index in [-0.39, 0.29) is 11.0 Å². The Labute approximate surface area is 99.9 Å². The van der Waals surface area contributed by atoms with E-state index in [9.17, 15) is 10.1 Å². The summed E-state index contributed by atoms with van der Waals surface area (Å²) in [5.41, 5.74) is 1.08. The largest absolute Gasteiger partial charge is 0.316 e. The molecule has 0 saturated heterocycles. The van der Waals surface area contributed by atoms with Gasteiger partial charge in [-0.1, -0.05) is 27.7 Å². The van der Waals surface area contributed by atoms with Gasteiger partial charge < -0.3 is 4.98 Å². The average Bonchev–Trinajstić information content (AvgIpc) is 2.16. The predicted molar refractivity (Wildman–Crippen MR) is 66.9 cm³/mol. The van der Waals surface area contributed by atoms with Gasteiger partial charge in [0.2, 0.25) is 5.56 Å². The highest BCUT2D eigenvalue weighted by molar-refractivity contribution is 7.99. The Kier molecular flexibility index (Phi) is 3.82. The number of thioether (sulfide) groups is 1. The lowest BCUT2D eigenvalue weighted by Crippen LogP contribution is -2.19. The summed E-state index contributed by atoms with van der Waals surface area (Å²) in [6.45, 7) is 8.00. The first kappa shape index (κ1) is 12.9. The summed E-state index contributed by atoms with van der Waals surface area (Å²) >= 11 is 1.49. The van der Waals surface area contributed by atoms with Crippen LogP contribution < -0.4 is 5.56 Å². The third-order valence-corrected chi connectivity index (χ3v) is 3.10. The topological polar surface area (TPSA) is 56.6 Å². The number of pyridine rings is 1. The first-order chi connectivity index (χ1) is 7.40. The predicted octanol–water partition coefficient (Wildman–Crippen LogP) is 2.66. The Balaban J connectivity index is 3.50. The van der Waals surface area contributed by atoms with Gasteiger partial charge in [-0.3, -0.25) is 4.79 Å². The van der Waals surface area contributed by atoms with Gasteiger partial charge in [0, 0.05) is 6.07 Å². The maximum Gasteiger partial charge on any atom is 0.249 e. The third kappa shape index (κ3) is 2.67. The van der Waals surface area contributed by atoms with Crippen LogP contribution >= 0.6 is 11.8 Å². The van der Waals surface area contributed by atoms with Crippen LogP contribution in [0.5, 0.6) is 0 Å². The van der Waals surface area contributed by atoms with Gasteiger partial charge in [0.05, 0.1) is 10.6 Å². The average molecular weight is 236 g/mol. The SMILES string of the molecule is CCSc1[nH]c(=O)cc(C(C)(C)C)c1C#N. The Morgan fingerprint density at radius 1 is 1.50 bits per heavy atom. The molecule has 1 heterocycles. The molecule has 86 valence electrons. The molecule has 4 heteroatoms. The van der Waals surface area contributed by atoms with Gasteiger partial charge in [0.1, 0.15) is 6.07 Å². The Morgan fingerprint density at radius 2 is 2.12 bits per heavy atom. The van der Waals surface area contributed by atoms with E-state index in [0.29, 0.717) is 10.6 Å². The van der Waals surface area contributed by atoms with Crippen LogP contribution in [0.15, 0.2) is 15.9 Å². The van der Waals surface area contributed by atoms with Crippen LogP contribution in [0.3, 0.4) is 0 Å². The van der Waals surface area contributed by atoms with Gasteiger partial charge in [-0.25, -0.2) is 0 Å². The number of aromatic nitrogens is 1. The minimum Gasteiger partial charge on any atom is -0.316 e. The molecule has 0 unspecified atom stereocenters. The molecule has 1 rings (SSSR count). The summed E-state index contributed by atoms with van der Waals surface area (Å²) in [6, 6.07) is 3.72. The molecule has 0 atom stereocenters. The molecule has 0 spiro atoms. The van der Waals surface area contributed by atoms with Crippen molar-refractivity contribution in [3.05, 3.63) is 27.5 Å². The zero-order chi connectivity index (χ0) is 12.3. The lowest BCUT2D eigenvalue weighted by Gasteiger charge is -2.21. The molecule has 16 heavy (non-hydrogen) atoms. The number of H-pyrrole nitrogens is 1. The van der Waals surface area contributed by atoms with Gasteiger partial charge in [-0.2, -0.15) is 5.26 Å². The van der Waals surface area contributed by atoms with Crippen LogP contribution in [0.4, 0.5) is 0 Å². The van der Waals surface area contributed by atoms with Crippen molar-refractivity contribution in [2.45, 2.75) is 38.1 Å². The molecular formula is C12H16N2OS. The van der Waals surface area contributed by atoms with Crippen molar-refractivity contribution in [1.29, 1.82) is 5.26 Å². The third-order valence-electron chi connectivity index (χ3n) is 2.22. The molecule has 0 amide bonds. The fourth-order valence-corrected chi connectivity index (χ4v) is 2.25. The molecule has 0 aliphatic carbocycles. The molecule has 0 radical (unpaired) electrons. The van der Waals surface area contributed by atoms with E-state index < -0.39 is 0 Å². The molecule has 3 nitrogen and oxygen atoms in total. The first-order valence-corrected chi connectivity index (χ1v) is 6.19. The molecular weight excluding hydrogens is 220 g/mol.